The Kier molecular flexibility index (Phi) is 4.41. The molecule has 0 rings (SSSR count). The molecule has 2 heteroatoms. The van der Waals surface area contributed by atoms with Gasteiger partial charge in [-0.1, -0.05) is 0 Å². The molecule has 38 valence electrons. The molecule has 0 saturated carbocycles. The van der Waals surface area contributed by atoms with E-state index >= 15 is 0 Å². The van der Waals surface area contributed by atoms with Crippen molar-refractivity contribution in [1.29, 1.82) is 0 Å². The summed E-state index contributed by atoms with van der Waals surface area (Å²) in [5.74, 6) is 6.92. The highest BCUT2D eigenvalue weighted by Gasteiger charge is 1.58. The zero-order valence-corrected chi connectivity index (χ0v) is 4.39. The normalized spacial score (nSPS) is 4.50. The van der Waals surface area contributed by atoms with Crippen molar-refractivity contribution in [3.63, 3.8) is 0 Å². The van der Waals surface area contributed by atoms with Gasteiger partial charge in [0.15, 0.2) is 6.20 Å². The fraction of sp³-hybridized carbons (Fsp3) is 0. The monoisotopic (exact) mass is 105 g/mol. The van der Waals surface area contributed by atoms with Crippen molar-refractivity contribution < 1.29 is 0 Å². The molecule has 0 spiro atoms. The van der Waals surface area contributed by atoms with Gasteiger partial charge in [0.25, 0.3) is 0 Å². The van der Waals surface area contributed by atoms with Crippen LogP contribution in [0.1, 0.15) is 0 Å². The lowest BCUT2D eigenvalue weighted by molar-refractivity contribution is 1.64. The molecule has 0 aromatic rings. The van der Waals surface area contributed by atoms with Crippen LogP contribution < -0.4 is 4.67 Å². The lowest BCUT2D eigenvalue weighted by atomic mass is 11.0. The van der Waals surface area contributed by atoms with E-state index in [0.29, 0.717) is 0 Å². The van der Waals surface area contributed by atoms with Gasteiger partial charge in [0.1, 0.15) is 0 Å². The highest BCUT2D eigenvalue weighted by Crippen LogP contribution is 1.52. The number of hydrogen-bond donors (Lipinski definition) is 0. The summed E-state index contributed by atoms with van der Waals surface area (Å²) in [6.07, 6.45) is 1.32. The van der Waals surface area contributed by atoms with Crippen LogP contribution in [0.15, 0.2) is 24.4 Å². The van der Waals surface area contributed by atoms with Crippen molar-refractivity contribution in [3.05, 3.63) is 19.4 Å². The van der Waals surface area contributed by atoms with Crippen molar-refractivity contribution >= 4 is 17.6 Å². The van der Waals surface area contributed by atoms with Crippen LogP contribution in [0.25, 0.3) is 0 Å². The second-order valence-corrected chi connectivity index (χ2v) is 0.815. The van der Waals surface area contributed by atoms with Gasteiger partial charge in [-0.2, -0.15) is 4.99 Å². The summed E-state index contributed by atoms with van der Waals surface area (Å²) in [7, 11) is 0. The number of hydrogen-bond acceptors (Lipinski definition) is 1. The molecular formula is C6H5N2+. The van der Waals surface area contributed by atoms with Crippen molar-refractivity contribution in [3.8, 4) is 0 Å². The maximum absolute atomic E-state index is 3.45. The lowest BCUT2D eigenvalue weighted by Crippen LogP contribution is -1.59. The van der Waals surface area contributed by atoms with Crippen LogP contribution in [0.5, 0.6) is 0 Å². The smallest absolute Gasteiger partial charge is 0.199 e. The first-order chi connectivity index (χ1) is 3.91. The molecule has 0 aliphatic carbocycles. The molecule has 0 aliphatic rings. The summed E-state index contributed by atoms with van der Waals surface area (Å²) in [4.78, 5) is 3.45. The van der Waals surface area contributed by atoms with E-state index in [-0.39, 0.29) is 0 Å². The van der Waals surface area contributed by atoms with Crippen LogP contribution in [0.4, 0.5) is 0 Å². The lowest BCUT2D eigenvalue weighted by Gasteiger charge is -1.46. The quantitative estimate of drug-likeness (QED) is 0.330. The van der Waals surface area contributed by atoms with Gasteiger partial charge in [0.2, 0.25) is 0 Å². The minimum Gasteiger partial charge on any atom is -0.199 e. The molecule has 0 aliphatic heterocycles. The maximum Gasteiger partial charge on any atom is 0.346 e. The van der Waals surface area contributed by atoms with Gasteiger partial charge in [0, 0.05) is 11.2 Å². The maximum atomic E-state index is 3.45. The molecule has 0 aromatic heterocycles. The third kappa shape index (κ3) is 4.46. The molecule has 0 saturated heterocycles. The average molecular weight is 105 g/mol. The highest BCUT2D eigenvalue weighted by atomic mass is 14.6. The second kappa shape index (κ2) is 5.46. The fourth-order valence-corrected chi connectivity index (χ4v) is 0.149. The summed E-state index contributed by atoms with van der Waals surface area (Å²) in [5.41, 5.74) is 0. The molecule has 0 radical (unpaired) electrons. The molecule has 0 bridgehead atoms. The number of rotatable bonds is 1. The molecule has 0 aromatic carbocycles. The number of nitrogens with zero attached hydrogens (tertiary/aromatic N) is 2. The third-order valence-corrected chi connectivity index (χ3v) is 0.357. The first-order valence-electron chi connectivity index (χ1n) is 1.92. The summed E-state index contributed by atoms with van der Waals surface area (Å²) >= 11 is 0. The predicted octanol–water partition coefficient (Wildman–Crippen LogP) is -0.0516. The minimum atomic E-state index is 1.32. The Morgan fingerprint density at radius 2 is 2.25 bits per heavy atom. The Morgan fingerprint density at radius 3 is 2.75 bits per heavy atom. The molecule has 2 nitrogen and oxygen atoms in total. The molecule has 0 fully saturated rings. The zero-order valence-electron chi connectivity index (χ0n) is 4.39. The van der Waals surface area contributed by atoms with Gasteiger partial charge in [-0.15, -0.1) is 0 Å². The Hall–Kier alpha value is -1.54. The van der Waals surface area contributed by atoms with Crippen LogP contribution in [-0.2, 0) is 0 Å². The SMILES string of the molecule is C=C=NC=C=[N+]=C=C. The average Bonchev–Trinajstić information content (AvgIpc) is 1.81. The first kappa shape index (κ1) is 6.46. The minimum absolute atomic E-state index is 1.32. The van der Waals surface area contributed by atoms with Crippen LogP contribution >= 0.6 is 0 Å². The van der Waals surface area contributed by atoms with Crippen molar-refractivity contribution in [1.82, 2.24) is 4.67 Å². The summed E-state index contributed by atoms with van der Waals surface area (Å²) in [6.45, 7) is 6.42. The van der Waals surface area contributed by atoms with Gasteiger partial charge in [-0.05, 0) is 12.4 Å². The third-order valence-electron chi connectivity index (χ3n) is 0.357. The Morgan fingerprint density at radius 1 is 1.50 bits per heavy atom. The van der Waals surface area contributed by atoms with Crippen molar-refractivity contribution in [2.24, 2.45) is 4.99 Å². The van der Waals surface area contributed by atoms with Crippen LogP contribution in [-0.4, -0.2) is 17.6 Å². The van der Waals surface area contributed by atoms with E-state index in [1.165, 1.54) is 6.20 Å². The Balaban J connectivity index is 4.25. The van der Waals surface area contributed by atoms with Gasteiger partial charge >= 0.3 is 11.7 Å². The highest BCUT2D eigenvalue weighted by molar-refractivity contribution is 5.60. The van der Waals surface area contributed by atoms with E-state index in [1.54, 1.807) is 0 Å². The van der Waals surface area contributed by atoms with E-state index in [1.807, 2.05) is 0 Å². The first-order valence-corrected chi connectivity index (χ1v) is 1.92. The Labute approximate surface area is 47.6 Å². The molecule has 0 unspecified atom stereocenters. The molecule has 0 heterocycles. The number of aliphatic imine (C=N–C) groups is 1. The summed E-state index contributed by atoms with van der Waals surface area (Å²) in [5, 5.41) is 0. The fourth-order valence-electron chi connectivity index (χ4n) is 0.149. The van der Waals surface area contributed by atoms with E-state index < -0.39 is 0 Å². The molecule has 0 atom stereocenters. The Bertz CT molecular complexity index is 215. The van der Waals surface area contributed by atoms with Crippen LogP contribution in [0, 0.1) is 0 Å². The van der Waals surface area contributed by atoms with E-state index in [2.05, 4.69) is 40.4 Å². The van der Waals surface area contributed by atoms with E-state index in [4.69, 9.17) is 0 Å². The van der Waals surface area contributed by atoms with Gasteiger partial charge in [-0.25, -0.2) is 0 Å². The standard InChI is InChI=1S/C6H5N2/c1-3-7-5-6-8-4-2/h5H,1-2H2/q+1. The summed E-state index contributed by atoms with van der Waals surface area (Å²) < 4.78 is 3.38. The van der Waals surface area contributed by atoms with Gasteiger partial charge in [-0.3, -0.25) is 0 Å². The van der Waals surface area contributed by atoms with Gasteiger partial charge < -0.3 is 0 Å². The van der Waals surface area contributed by atoms with E-state index in [0.717, 1.165) is 0 Å². The largest absolute Gasteiger partial charge is 0.346 e. The molecule has 8 heavy (non-hydrogen) atoms. The molecule has 0 amide bonds. The van der Waals surface area contributed by atoms with Crippen molar-refractivity contribution in [2.75, 3.05) is 0 Å². The van der Waals surface area contributed by atoms with Gasteiger partial charge in [0.05, 0.1) is 0 Å². The topological polar surface area (TPSA) is 26.5 Å². The molecular weight excluding hydrogens is 100 g/mol. The van der Waals surface area contributed by atoms with Crippen molar-refractivity contribution in [2.45, 2.75) is 0 Å². The van der Waals surface area contributed by atoms with Crippen LogP contribution in [0.3, 0.4) is 0 Å². The molecule has 0 N–H and O–H groups in total. The second-order valence-electron chi connectivity index (χ2n) is 0.815. The summed E-state index contributed by atoms with van der Waals surface area (Å²) in [6, 6.07) is 0. The van der Waals surface area contributed by atoms with Crippen LogP contribution in [0.2, 0.25) is 0 Å². The predicted molar refractivity (Wildman–Crippen MR) is 35.4 cm³/mol. The van der Waals surface area contributed by atoms with E-state index in [9.17, 15) is 0 Å². The zero-order chi connectivity index (χ0) is 6.24.